The van der Waals surface area contributed by atoms with E-state index in [4.69, 9.17) is 0 Å². The summed E-state index contributed by atoms with van der Waals surface area (Å²) < 4.78 is 28.0. The van der Waals surface area contributed by atoms with Crippen molar-refractivity contribution in [3.63, 3.8) is 0 Å². The Labute approximate surface area is 162 Å². The minimum Gasteiger partial charge on any atom is -0.365 e. The van der Waals surface area contributed by atoms with Crippen molar-refractivity contribution < 1.29 is 8.78 Å². The second kappa shape index (κ2) is 8.65. The minimum atomic E-state index is -0.522. The zero-order valence-electron chi connectivity index (χ0n) is 15.9. The van der Waals surface area contributed by atoms with Gasteiger partial charge in [-0.3, -0.25) is 0 Å². The first-order valence-corrected chi connectivity index (χ1v) is 9.96. The topological polar surface area (TPSA) is 52.6 Å². The molecular formula is C19H25F2N5S. The van der Waals surface area contributed by atoms with Crippen LogP contribution >= 0.6 is 11.3 Å². The first-order chi connectivity index (χ1) is 13.0. The molecule has 27 heavy (non-hydrogen) atoms. The van der Waals surface area contributed by atoms with E-state index in [1.165, 1.54) is 23.1 Å². The molecule has 3 rings (SSSR count). The van der Waals surface area contributed by atoms with Crippen LogP contribution in [0.4, 0.5) is 14.5 Å². The monoisotopic (exact) mass is 393 g/mol. The molecule has 2 N–H and O–H groups in total. The number of hydrogen-bond donors (Lipinski definition) is 2. The zero-order chi connectivity index (χ0) is 19.4. The number of benzene rings is 1. The van der Waals surface area contributed by atoms with Crippen LogP contribution in [-0.4, -0.2) is 36.6 Å². The fourth-order valence-corrected chi connectivity index (χ4v) is 4.00. The lowest BCUT2D eigenvalue weighted by molar-refractivity contribution is 0.576. The lowest BCUT2D eigenvalue weighted by atomic mass is 10.2. The number of guanidine groups is 1. The van der Waals surface area contributed by atoms with Crippen LogP contribution < -0.4 is 15.5 Å². The van der Waals surface area contributed by atoms with Gasteiger partial charge >= 0.3 is 0 Å². The van der Waals surface area contributed by atoms with E-state index >= 15 is 0 Å². The Morgan fingerprint density at radius 1 is 1.33 bits per heavy atom. The fraction of sp³-hybridized carbons (Fsp3) is 0.474. The van der Waals surface area contributed by atoms with Crippen molar-refractivity contribution in [3.8, 4) is 0 Å². The maximum atomic E-state index is 14.0. The standard InChI is InChI=1S/C19H25F2N5S/c1-4-22-19(23-10-17-24-12(2)13(3)27-17)25-14-8-9-26(11-14)18-15(20)6-5-7-16(18)21/h5-7,14H,4,8-11H2,1-3H3,(H2,22,23,25). The number of para-hydroxylation sites is 1. The van der Waals surface area contributed by atoms with Gasteiger partial charge in [-0.15, -0.1) is 11.3 Å². The summed E-state index contributed by atoms with van der Waals surface area (Å²) in [4.78, 5) is 12.1. The highest BCUT2D eigenvalue weighted by atomic mass is 32.1. The Kier molecular flexibility index (Phi) is 6.26. The van der Waals surface area contributed by atoms with Gasteiger partial charge in [0.05, 0.1) is 12.2 Å². The first-order valence-electron chi connectivity index (χ1n) is 9.14. The lowest BCUT2D eigenvalue weighted by Gasteiger charge is -2.21. The third-order valence-electron chi connectivity index (χ3n) is 4.57. The second-order valence-electron chi connectivity index (χ2n) is 6.59. The van der Waals surface area contributed by atoms with Crippen LogP contribution in [0.25, 0.3) is 0 Å². The molecule has 1 aliphatic rings. The van der Waals surface area contributed by atoms with Crippen LogP contribution in [0.5, 0.6) is 0 Å². The van der Waals surface area contributed by atoms with Crippen molar-refractivity contribution in [1.82, 2.24) is 15.6 Å². The number of nitrogens with zero attached hydrogens (tertiary/aromatic N) is 3. The Hall–Kier alpha value is -2.22. The molecule has 1 aromatic heterocycles. The molecule has 1 aromatic carbocycles. The maximum absolute atomic E-state index is 14.0. The average molecular weight is 394 g/mol. The highest BCUT2D eigenvalue weighted by Gasteiger charge is 2.27. The molecule has 1 aliphatic heterocycles. The van der Waals surface area contributed by atoms with Gasteiger partial charge in [-0.05, 0) is 39.3 Å². The van der Waals surface area contributed by atoms with E-state index in [0.717, 1.165) is 23.7 Å². The molecular weight excluding hydrogens is 368 g/mol. The largest absolute Gasteiger partial charge is 0.365 e. The van der Waals surface area contributed by atoms with Gasteiger partial charge in [0.2, 0.25) is 0 Å². The lowest BCUT2D eigenvalue weighted by Crippen LogP contribution is -2.44. The number of aliphatic imine (C=N–C) groups is 1. The highest BCUT2D eigenvalue weighted by molar-refractivity contribution is 7.11. The van der Waals surface area contributed by atoms with Crippen molar-refractivity contribution in [2.45, 2.75) is 39.8 Å². The third kappa shape index (κ3) is 4.74. The molecule has 5 nitrogen and oxygen atoms in total. The first kappa shape index (κ1) is 19.5. The predicted molar refractivity (Wildman–Crippen MR) is 107 cm³/mol. The van der Waals surface area contributed by atoms with Crippen LogP contribution in [0.15, 0.2) is 23.2 Å². The summed E-state index contributed by atoms with van der Waals surface area (Å²) in [7, 11) is 0. The number of nitrogens with one attached hydrogen (secondary N) is 2. The smallest absolute Gasteiger partial charge is 0.191 e. The van der Waals surface area contributed by atoms with Crippen molar-refractivity contribution in [2.24, 2.45) is 4.99 Å². The second-order valence-corrected chi connectivity index (χ2v) is 7.88. The highest BCUT2D eigenvalue weighted by Crippen LogP contribution is 2.26. The molecule has 2 aromatic rings. The van der Waals surface area contributed by atoms with Crippen LogP contribution in [0.3, 0.4) is 0 Å². The van der Waals surface area contributed by atoms with Crippen LogP contribution in [0, 0.1) is 25.5 Å². The molecule has 0 saturated carbocycles. The van der Waals surface area contributed by atoms with Gasteiger partial charge in [-0.25, -0.2) is 18.8 Å². The van der Waals surface area contributed by atoms with E-state index in [1.54, 1.807) is 16.2 Å². The molecule has 0 radical (unpaired) electrons. The van der Waals surface area contributed by atoms with E-state index in [9.17, 15) is 8.78 Å². The number of halogens is 2. The Morgan fingerprint density at radius 2 is 2.07 bits per heavy atom. The van der Waals surface area contributed by atoms with Crippen molar-refractivity contribution in [1.29, 1.82) is 0 Å². The quantitative estimate of drug-likeness (QED) is 0.604. The summed E-state index contributed by atoms with van der Waals surface area (Å²) in [6.45, 7) is 8.42. The van der Waals surface area contributed by atoms with E-state index < -0.39 is 11.6 Å². The summed E-state index contributed by atoms with van der Waals surface area (Å²) in [6.07, 6.45) is 0.785. The fourth-order valence-electron chi connectivity index (χ4n) is 3.14. The third-order valence-corrected chi connectivity index (χ3v) is 5.63. The summed E-state index contributed by atoms with van der Waals surface area (Å²) in [5.74, 6) is -0.347. The SMILES string of the molecule is CCNC(=NCc1nc(C)c(C)s1)NC1CCN(c2c(F)cccc2F)C1. The summed E-state index contributed by atoms with van der Waals surface area (Å²) in [5, 5.41) is 7.58. The van der Waals surface area contributed by atoms with Gasteiger partial charge in [-0.2, -0.15) is 0 Å². The number of rotatable bonds is 5. The molecule has 1 atom stereocenters. The van der Waals surface area contributed by atoms with Crippen molar-refractivity contribution in [3.05, 3.63) is 45.4 Å². The summed E-state index contributed by atoms with van der Waals surface area (Å²) >= 11 is 1.65. The van der Waals surface area contributed by atoms with Gasteiger partial charge in [-0.1, -0.05) is 6.07 Å². The average Bonchev–Trinajstić information content (AvgIpc) is 3.20. The van der Waals surface area contributed by atoms with Crippen molar-refractivity contribution in [2.75, 3.05) is 24.5 Å². The van der Waals surface area contributed by atoms with Gasteiger partial charge in [0, 0.05) is 30.6 Å². The van der Waals surface area contributed by atoms with Gasteiger partial charge in [0.25, 0.3) is 0 Å². The van der Waals surface area contributed by atoms with Crippen LogP contribution in [0.2, 0.25) is 0 Å². The molecule has 0 spiro atoms. The normalized spacial score (nSPS) is 17.4. The Bertz CT molecular complexity index is 781. The van der Waals surface area contributed by atoms with Crippen LogP contribution in [-0.2, 0) is 6.54 Å². The number of anilines is 1. The number of aromatic nitrogens is 1. The van der Waals surface area contributed by atoms with Crippen molar-refractivity contribution >= 4 is 23.0 Å². The summed E-state index contributed by atoms with van der Waals surface area (Å²) in [6, 6.07) is 4.05. The van der Waals surface area contributed by atoms with E-state index in [1.807, 2.05) is 13.8 Å². The number of aryl methyl sites for hydroxylation is 2. The molecule has 1 unspecified atom stereocenters. The Balaban J connectivity index is 1.64. The molecule has 0 aliphatic carbocycles. The minimum absolute atomic E-state index is 0.0532. The van der Waals surface area contributed by atoms with E-state index in [-0.39, 0.29) is 11.7 Å². The molecule has 1 saturated heterocycles. The van der Waals surface area contributed by atoms with Crippen LogP contribution in [0.1, 0.15) is 28.9 Å². The Morgan fingerprint density at radius 3 is 2.70 bits per heavy atom. The molecule has 146 valence electrons. The predicted octanol–water partition coefficient (Wildman–Crippen LogP) is 3.37. The maximum Gasteiger partial charge on any atom is 0.191 e. The van der Waals surface area contributed by atoms with E-state index in [2.05, 4.69) is 27.5 Å². The van der Waals surface area contributed by atoms with Gasteiger partial charge in [0.15, 0.2) is 5.96 Å². The van der Waals surface area contributed by atoms with E-state index in [0.29, 0.717) is 25.6 Å². The molecule has 1 fully saturated rings. The zero-order valence-corrected chi connectivity index (χ0v) is 16.7. The molecule has 0 amide bonds. The number of thiazole rings is 1. The molecule has 2 heterocycles. The summed E-state index contributed by atoms with van der Waals surface area (Å²) in [5.41, 5.74) is 1.10. The van der Waals surface area contributed by atoms with Gasteiger partial charge in [0.1, 0.15) is 22.3 Å². The molecule has 8 heteroatoms. The van der Waals surface area contributed by atoms with Gasteiger partial charge < -0.3 is 15.5 Å². The molecule has 0 bridgehead atoms. The number of hydrogen-bond acceptors (Lipinski definition) is 4.